The van der Waals surface area contributed by atoms with Gasteiger partial charge in [0.05, 0.1) is 17.7 Å². The highest BCUT2D eigenvalue weighted by Crippen LogP contribution is 2.32. The maximum Gasteiger partial charge on any atom is 0.419 e. The Morgan fingerprint density at radius 2 is 1.90 bits per heavy atom. The third kappa shape index (κ3) is 3.67. The Hall–Kier alpha value is -2.16. The molecule has 0 aliphatic heterocycles. The number of rotatable bonds is 4. The van der Waals surface area contributed by atoms with Crippen molar-refractivity contribution in [1.82, 2.24) is 5.32 Å². The minimum Gasteiger partial charge on any atom is -0.479 e. The third-order valence-corrected chi connectivity index (χ3v) is 2.29. The molecule has 1 atom stereocenters. The predicted molar refractivity (Wildman–Crippen MR) is 57.4 cm³/mol. The molecule has 1 aromatic carbocycles. The zero-order chi connectivity index (χ0) is 15.5. The first kappa shape index (κ1) is 15.9. The molecule has 0 saturated carbocycles. The summed E-state index contributed by atoms with van der Waals surface area (Å²) in [5.74, 6) is -4.65. The van der Waals surface area contributed by atoms with Crippen molar-refractivity contribution in [3.8, 4) is 0 Å². The van der Waals surface area contributed by atoms with Gasteiger partial charge in [-0.3, -0.25) is 4.79 Å². The van der Waals surface area contributed by atoms with E-state index in [-0.39, 0.29) is 0 Å². The minimum absolute atomic E-state index is 0.470. The monoisotopic (exact) mass is 295 g/mol. The molecule has 0 aliphatic rings. The second kappa shape index (κ2) is 5.87. The summed E-state index contributed by atoms with van der Waals surface area (Å²) in [5, 5.41) is 19.1. The smallest absolute Gasteiger partial charge is 0.419 e. The fourth-order valence-corrected chi connectivity index (χ4v) is 1.30. The molecule has 1 amide bonds. The summed E-state index contributed by atoms with van der Waals surface area (Å²) < 4.78 is 50.8. The Kier molecular flexibility index (Phi) is 4.66. The molecule has 0 spiro atoms. The number of carbonyl (C=O) groups excluding carboxylic acids is 1. The summed E-state index contributed by atoms with van der Waals surface area (Å²) in [4.78, 5) is 21.7. The van der Waals surface area contributed by atoms with E-state index in [4.69, 9.17) is 10.2 Å². The van der Waals surface area contributed by atoms with Gasteiger partial charge >= 0.3 is 12.1 Å². The lowest BCUT2D eigenvalue weighted by atomic mass is 10.1. The number of aliphatic hydroxyl groups excluding tert-OH is 1. The van der Waals surface area contributed by atoms with Gasteiger partial charge in [0.25, 0.3) is 5.91 Å². The van der Waals surface area contributed by atoms with Gasteiger partial charge in [0.1, 0.15) is 5.82 Å². The molecule has 0 fully saturated rings. The molecular formula is C11H9F4NO4. The van der Waals surface area contributed by atoms with Crippen molar-refractivity contribution in [2.45, 2.75) is 12.3 Å². The molecule has 3 N–H and O–H groups in total. The van der Waals surface area contributed by atoms with Crippen molar-refractivity contribution in [2.75, 3.05) is 6.54 Å². The number of amides is 1. The molecule has 0 saturated heterocycles. The maximum absolute atomic E-state index is 13.5. The van der Waals surface area contributed by atoms with E-state index in [2.05, 4.69) is 0 Å². The summed E-state index contributed by atoms with van der Waals surface area (Å²) in [5.41, 5.74) is -2.50. The van der Waals surface area contributed by atoms with E-state index < -0.39 is 47.6 Å². The number of hydrogen-bond donors (Lipinski definition) is 3. The van der Waals surface area contributed by atoms with Crippen molar-refractivity contribution in [3.05, 3.63) is 35.1 Å². The average molecular weight is 295 g/mol. The van der Waals surface area contributed by atoms with E-state index >= 15 is 0 Å². The summed E-state index contributed by atoms with van der Waals surface area (Å²) in [6.07, 6.45) is -6.89. The number of halogens is 4. The number of carboxylic acids is 1. The van der Waals surface area contributed by atoms with Crippen LogP contribution in [0.2, 0.25) is 0 Å². The molecule has 1 unspecified atom stereocenters. The van der Waals surface area contributed by atoms with Crippen LogP contribution in [0.25, 0.3) is 0 Å². The van der Waals surface area contributed by atoms with Crippen LogP contribution in [0.4, 0.5) is 17.6 Å². The van der Waals surface area contributed by atoms with Gasteiger partial charge in [-0.25, -0.2) is 9.18 Å². The highest BCUT2D eigenvalue weighted by atomic mass is 19.4. The Balaban J connectivity index is 2.92. The molecular weight excluding hydrogens is 286 g/mol. The molecule has 1 aromatic rings. The number of aliphatic carboxylic acids is 1. The number of hydrogen-bond acceptors (Lipinski definition) is 3. The molecule has 0 radical (unpaired) electrons. The van der Waals surface area contributed by atoms with Crippen LogP contribution in [-0.4, -0.2) is 34.7 Å². The molecule has 9 heteroatoms. The lowest BCUT2D eigenvalue weighted by molar-refractivity contribution is -0.146. The Morgan fingerprint density at radius 3 is 2.40 bits per heavy atom. The van der Waals surface area contributed by atoms with E-state index in [0.717, 1.165) is 12.1 Å². The van der Waals surface area contributed by atoms with Crippen LogP contribution in [0.3, 0.4) is 0 Å². The van der Waals surface area contributed by atoms with Crippen molar-refractivity contribution in [1.29, 1.82) is 0 Å². The van der Waals surface area contributed by atoms with Crippen molar-refractivity contribution < 1.29 is 37.4 Å². The largest absolute Gasteiger partial charge is 0.479 e. The standard InChI is InChI=1S/C11H9F4NO4/c12-8-5(2-1-3-6(8)11(13,14)15)9(18)16-4-7(17)10(19)20/h1-3,7,17H,4H2,(H,16,18)(H,19,20). The highest BCUT2D eigenvalue weighted by Gasteiger charge is 2.35. The lowest BCUT2D eigenvalue weighted by Gasteiger charge is -2.12. The Bertz CT molecular complexity index is 530. The molecule has 0 aliphatic carbocycles. The fraction of sp³-hybridized carbons (Fsp3) is 0.273. The second-order valence-corrected chi connectivity index (χ2v) is 3.73. The van der Waals surface area contributed by atoms with Gasteiger partial charge in [0, 0.05) is 0 Å². The summed E-state index contributed by atoms with van der Waals surface area (Å²) in [7, 11) is 0. The number of alkyl halides is 3. The number of carbonyl (C=O) groups is 2. The second-order valence-electron chi connectivity index (χ2n) is 3.73. The third-order valence-electron chi connectivity index (χ3n) is 2.29. The van der Waals surface area contributed by atoms with Crippen molar-refractivity contribution in [3.63, 3.8) is 0 Å². The Morgan fingerprint density at radius 1 is 1.30 bits per heavy atom. The van der Waals surface area contributed by atoms with Gasteiger partial charge in [-0.2, -0.15) is 13.2 Å². The van der Waals surface area contributed by atoms with Gasteiger partial charge in [-0.15, -0.1) is 0 Å². The van der Waals surface area contributed by atoms with Gasteiger partial charge in [0.2, 0.25) is 0 Å². The van der Waals surface area contributed by atoms with Crippen molar-refractivity contribution in [2.24, 2.45) is 0 Å². The first-order valence-electron chi connectivity index (χ1n) is 5.19. The molecule has 0 heterocycles. The van der Waals surface area contributed by atoms with Crippen molar-refractivity contribution >= 4 is 11.9 Å². The SMILES string of the molecule is O=C(NCC(O)C(=O)O)c1cccc(C(F)(F)F)c1F. The van der Waals surface area contributed by atoms with Crippen LogP contribution < -0.4 is 5.32 Å². The van der Waals surface area contributed by atoms with E-state index in [1.807, 2.05) is 5.32 Å². The van der Waals surface area contributed by atoms with Crippen LogP contribution in [-0.2, 0) is 11.0 Å². The quantitative estimate of drug-likeness (QED) is 0.724. The normalized spacial score (nSPS) is 12.8. The van der Waals surface area contributed by atoms with Crippen LogP contribution in [0.15, 0.2) is 18.2 Å². The number of carboxylic acid groups (broad SMARTS) is 1. The first-order chi connectivity index (χ1) is 9.14. The number of nitrogens with one attached hydrogen (secondary N) is 1. The molecule has 20 heavy (non-hydrogen) atoms. The van der Waals surface area contributed by atoms with E-state index in [1.54, 1.807) is 0 Å². The zero-order valence-electron chi connectivity index (χ0n) is 9.74. The van der Waals surface area contributed by atoms with Crippen LogP contribution in [0.1, 0.15) is 15.9 Å². The Labute approximate surface area is 109 Å². The van der Waals surface area contributed by atoms with Gasteiger partial charge in [-0.05, 0) is 12.1 Å². The maximum atomic E-state index is 13.5. The molecule has 1 rings (SSSR count). The average Bonchev–Trinajstić information content (AvgIpc) is 2.34. The molecule has 0 aromatic heterocycles. The van der Waals surface area contributed by atoms with Crippen LogP contribution in [0.5, 0.6) is 0 Å². The summed E-state index contributed by atoms with van der Waals surface area (Å²) in [6, 6.07) is 2.12. The van der Waals surface area contributed by atoms with Crippen LogP contribution in [0, 0.1) is 5.82 Å². The first-order valence-corrected chi connectivity index (χ1v) is 5.19. The number of benzene rings is 1. The fourth-order valence-electron chi connectivity index (χ4n) is 1.30. The molecule has 5 nitrogen and oxygen atoms in total. The highest BCUT2D eigenvalue weighted by molar-refractivity contribution is 5.95. The van der Waals surface area contributed by atoms with E-state index in [1.165, 1.54) is 0 Å². The molecule has 0 bridgehead atoms. The number of aliphatic hydroxyl groups is 1. The molecule has 110 valence electrons. The van der Waals surface area contributed by atoms with Crippen LogP contribution >= 0.6 is 0 Å². The summed E-state index contributed by atoms with van der Waals surface area (Å²) >= 11 is 0. The minimum atomic E-state index is -4.96. The predicted octanol–water partition coefficient (Wildman–Crippen LogP) is 1.02. The van der Waals surface area contributed by atoms with Gasteiger partial charge < -0.3 is 15.5 Å². The lowest BCUT2D eigenvalue weighted by Crippen LogP contribution is -2.37. The summed E-state index contributed by atoms with van der Waals surface area (Å²) in [6.45, 7) is -0.760. The zero-order valence-corrected chi connectivity index (χ0v) is 9.74. The van der Waals surface area contributed by atoms with E-state index in [9.17, 15) is 27.2 Å². The van der Waals surface area contributed by atoms with E-state index in [0.29, 0.717) is 6.07 Å². The van der Waals surface area contributed by atoms with Gasteiger partial charge in [0.15, 0.2) is 6.10 Å². The topological polar surface area (TPSA) is 86.6 Å². The van der Waals surface area contributed by atoms with Gasteiger partial charge in [-0.1, -0.05) is 6.07 Å².